The van der Waals surface area contributed by atoms with Crippen molar-refractivity contribution in [2.75, 3.05) is 11.5 Å². The molecule has 0 saturated heterocycles. The Morgan fingerprint density at radius 3 is 2.65 bits per heavy atom. The third-order valence-electron chi connectivity index (χ3n) is 3.19. The van der Waals surface area contributed by atoms with E-state index in [0.29, 0.717) is 6.04 Å². The largest absolute Gasteiger partial charge is 0.310 e. The molecule has 0 radical (unpaired) electrons. The molecule has 98 valence electrons. The molecule has 0 amide bonds. The van der Waals surface area contributed by atoms with E-state index in [4.69, 9.17) is 0 Å². The number of aryl methyl sites for hydroxylation is 2. The Bertz CT molecular complexity index is 347. The SMILES string of the molecule is CCSCCC(C)NCc1c(C)nn(C)c1C. The minimum absolute atomic E-state index is 0.577. The third-order valence-corrected chi connectivity index (χ3v) is 4.12. The number of nitrogens with zero attached hydrogens (tertiary/aromatic N) is 2. The van der Waals surface area contributed by atoms with E-state index >= 15 is 0 Å². The normalized spacial score (nSPS) is 13.0. The van der Waals surface area contributed by atoms with E-state index in [1.807, 2.05) is 23.5 Å². The smallest absolute Gasteiger partial charge is 0.0641 e. The molecule has 1 aromatic rings. The van der Waals surface area contributed by atoms with E-state index in [1.165, 1.54) is 29.2 Å². The molecule has 1 N–H and O–H groups in total. The first-order valence-electron chi connectivity index (χ1n) is 6.36. The van der Waals surface area contributed by atoms with Crippen LogP contribution in [0.15, 0.2) is 0 Å². The Labute approximate surface area is 109 Å². The molecule has 1 rings (SSSR count). The second-order valence-electron chi connectivity index (χ2n) is 4.54. The topological polar surface area (TPSA) is 29.9 Å². The summed E-state index contributed by atoms with van der Waals surface area (Å²) in [7, 11) is 2.01. The summed E-state index contributed by atoms with van der Waals surface area (Å²) in [5.74, 6) is 2.46. The lowest BCUT2D eigenvalue weighted by atomic mass is 10.2. The van der Waals surface area contributed by atoms with Crippen LogP contribution in [0.5, 0.6) is 0 Å². The summed E-state index contributed by atoms with van der Waals surface area (Å²) < 4.78 is 1.96. The Morgan fingerprint density at radius 2 is 2.12 bits per heavy atom. The molecule has 3 nitrogen and oxygen atoms in total. The fourth-order valence-corrected chi connectivity index (χ4v) is 2.67. The summed E-state index contributed by atoms with van der Waals surface area (Å²) in [6.45, 7) is 9.63. The van der Waals surface area contributed by atoms with Gasteiger partial charge in [-0.1, -0.05) is 6.92 Å². The van der Waals surface area contributed by atoms with Gasteiger partial charge in [0, 0.05) is 30.9 Å². The van der Waals surface area contributed by atoms with Gasteiger partial charge in [-0.25, -0.2) is 0 Å². The van der Waals surface area contributed by atoms with Crippen molar-refractivity contribution in [2.24, 2.45) is 7.05 Å². The maximum atomic E-state index is 4.44. The molecule has 0 aliphatic rings. The summed E-state index contributed by atoms with van der Waals surface area (Å²) in [5, 5.41) is 8.02. The first kappa shape index (κ1) is 14.6. The molecule has 0 saturated carbocycles. The van der Waals surface area contributed by atoms with Crippen molar-refractivity contribution in [1.29, 1.82) is 0 Å². The summed E-state index contributed by atoms with van der Waals surface area (Å²) in [6, 6.07) is 0.577. The van der Waals surface area contributed by atoms with Gasteiger partial charge in [0.2, 0.25) is 0 Å². The number of rotatable bonds is 7. The molecule has 0 aliphatic heterocycles. The van der Waals surface area contributed by atoms with Crippen molar-refractivity contribution in [1.82, 2.24) is 15.1 Å². The molecule has 1 aromatic heterocycles. The van der Waals surface area contributed by atoms with Crippen molar-refractivity contribution in [3.8, 4) is 0 Å². The summed E-state index contributed by atoms with van der Waals surface area (Å²) in [4.78, 5) is 0. The predicted octanol–water partition coefficient (Wildman–Crippen LogP) is 2.66. The monoisotopic (exact) mass is 255 g/mol. The number of hydrogen-bond donors (Lipinski definition) is 1. The zero-order valence-electron chi connectivity index (χ0n) is 11.7. The molecule has 17 heavy (non-hydrogen) atoms. The van der Waals surface area contributed by atoms with Gasteiger partial charge in [0.15, 0.2) is 0 Å². The van der Waals surface area contributed by atoms with Gasteiger partial charge < -0.3 is 5.32 Å². The van der Waals surface area contributed by atoms with Gasteiger partial charge >= 0.3 is 0 Å². The van der Waals surface area contributed by atoms with Gasteiger partial charge in [-0.05, 0) is 38.7 Å². The fourth-order valence-electron chi connectivity index (χ4n) is 1.86. The maximum absolute atomic E-state index is 4.44. The van der Waals surface area contributed by atoms with E-state index in [2.05, 4.69) is 38.1 Å². The Kier molecular flexibility index (Phi) is 6.06. The minimum Gasteiger partial charge on any atom is -0.310 e. The number of hydrogen-bond acceptors (Lipinski definition) is 3. The molecule has 1 atom stereocenters. The van der Waals surface area contributed by atoms with Crippen LogP contribution in [0.1, 0.15) is 37.2 Å². The van der Waals surface area contributed by atoms with Gasteiger partial charge in [0.1, 0.15) is 0 Å². The van der Waals surface area contributed by atoms with E-state index < -0.39 is 0 Å². The van der Waals surface area contributed by atoms with Crippen LogP contribution in [0.25, 0.3) is 0 Å². The summed E-state index contributed by atoms with van der Waals surface area (Å²) >= 11 is 2.01. The summed E-state index contributed by atoms with van der Waals surface area (Å²) in [5.41, 5.74) is 3.76. The lowest BCUT2D eigenvalue weighted by molar-refractivity contribution is 0.535. The second kappa shape index (κ2) is 7.07. The molecule has 0 bridgehead atoms. The van der Waals surface area contributed by atoms with Crippen LogP contribution in [0.2, 0.25) is 0 Å². The molecule has 4 heteroatoms. The van der Waals surface area contributed by atoms with Crippen molar-refractivity contribution in [3.63, 3.8) is 0 Å². The standard InChI is InChI=1S/C13H25N3S/c1-6-17-8-7-10(2)14-9-13-11(3)15-16(5)12(13)4/h10,14H,6-9H2,1-5H3. The summed E-state index contributed by atoms with van der Waals surface area (Å²) in [6.07, 6.45) is 1.23. The van der Waals surface area contributed by atoms with Crippen molar-refractivity contribution < 1.29 is 0 Å². The quantitative estimate of drug-likeness (QED) is 0.760. The van der Waals surface area contributed by atoms with Crippen LogP contribution >= 0.6 is 11.8 Å². The van der Waals surface area contributed by atoms with Gasteiger partial charge in [-0.2, -0.15) is 16.9 Å². The molecule has 1 heterocycles. The zero-order chi connectivity index (χ0) is 12.8. The van der Waals surface area contributed by atoms with Gasteiger partial charge in [0.05, 0.1) is 5.69 Å². The van der Waals surface area contributed by atoms with Crippen LogP contribution in [0.4, 0.5) is 0 Å². The maximum Gasteiger partial charge on any atom is 0.0641 e. The number of aromatic nitrogens is 2. The zero-order valence-corrected chi connectivity index (χ0v) is 12.5. The molecule has 0 aromatic carbocycles. The third kappa shape index (κ3) is 4.36. The molecule has 0 aliphatic carbocycles. The second-order valence-corrected chi connectivity index (χ2v) is 5.93. The van der Waals surface area contributed by atoms with E-state index in [1.54, 1.807) is 0 Å². The van der Waals surface area contributed by atoms with Crippen LogP contribution in [0.3, 0.4) is 0 Å². The molecule has 0 spiro atoms. The molecule has 0 fully saturated rings. The van der Waals surface area contributed by atoms with Crippen molar-refractivity contribution in [2.45, 2.75) is 46.7 Å². The Morgan fingerprint density at radius 1 is 1.41 bits per heavy atom. The Balaban J connectivity index is 2.39. The predicted molar refractivity (Wildman–Crippen MR) is 76.6 cm³/mol. The average Bonchev–Trinajstić information content (AvgIpc) is 2.51. The number of nitrogens with one attached hydrogen (secondary N) is 1. The molecular formula is C13H25N3S. The Hall–Kier alpha value is -0.480. The molecular weight excluding hydrogens is 230 g/mol. The molecule has 1 unspecified atom stereocenters. The number of thioether (sulfide) groups is 1. The van der Waals surface area contributed by atoms with Crippen LogP contribution < -0.4 is 5.32 Å². The van der Waals surface area contributed by atoms with Crippen LogP contribution in [0, 0.1) is 13.8 Å². The van der Waals surface area contributed by atoms with Gasteiger partial charge in [-0.3, -0.25) is 4.68 Å². The van der Waals surface area contributed by atoms with Crippen molar-refractivity contribution >= 4 is 11.8 Å². The first-order chi connectivity index (χ1) is 8.06. The lowest BCUT2D eigenvalue weighted by Gasteiger charge is -2.13. The van der Waals surface area contributed by atoms with Crippen LogP contribution in [-0.4, -0.2) is 27.3 Å². The van der Waals surface area contributed by atoms with Gasteiger partial charge in [-0.15, -0.1) is 0 Å². The first-order valence-corrected chi connectivity index (χ1v) is 7.51. The highest BCUT2D eigenvalue weighted by molar-refractivity contribution is 7.99. The average molecular weight is 255 g/mol. The van der Waals surface area contributed by atoms with E-state index in [0.717, 1.165) is 12.2 Å². The lowest BCUT2D eigenvalue weighted by Crippen LogP contribution is -2.26. The van der Waals surface area contributed by atoms with Crippen LogP contribution in [-0.2, 0) is 13.6 Å². The highest BCUT2D eigenvalue weighted by atomic mass is 32.2. The minimum atomic E-state index is 0.577. The highest BCUT2D eigenvalue weighted by Crippen LogP contribution is 2.12. The van der Waals surface area contributed by atoms with Crippen molar-refractivity contribution in [3.05, 3.63) is 17.0 Å². The van der Waals surface area contributed by atoms with Gasteiger partial charge in [0.25, 0.3) is 0 Å². The fraction of sp³-hybridized carbons (Fsp3) is 0.769. The van der Waals surface area contributed by atoms with E-state index in [-0.39, 0.29) is 0 Å². The van der Waals surface area contributed by atoms with E-state index in [9.17, 15) is 0 Å². The highest BCUT2D eigenvalue weighted by Gasteiger charge is 2.10.